The lowest BCUT2D eigenvalue weighted by molar-refractivity contribution is -0.383. The van der Waals surface area contributed by atoms with Crippen molar-refractivity contribution in [3.63, 3.8) is 0 Å². The summed E-state index contributed by atoms with van der Waals surface area (Å²) in [5.41, 5.74) is 6.70. The van der Waals surface area contributed by atoms with Crippen molar-refractivity contribution >= 4 is 34.6 Å². The molecular weight excluding hydrogens is 294 g/mol. The van der Waals surface area contributed by atoms with Gasteiger partial charge in [0.2, 0.25) is 0 Å². The minimum atomic E-state index is -0.633. The van der Waals surface area contributed by atoms with E-state index in [0.29, 0.717) is 10.7 Å². The van der Waals surface area contributed by atoms with Crippen molar-refractivity contribution in [2.24, 2.45) is 0 Å². The summed E-state index contributed by atoms with van der Waals surface area (Å²) in [5.74, 6) is -0.495. The number of nitrogens with two attached hydrogens (primary N) is 1. The molecule has 0 aliphatic carbocycles. The number of halogens is 1. The first-order valence-corrected chi connectivity index (χ1v) is 6.37. The van der Waals surface area contributed by atoms with Gasteiger partial charge in [-0.25, -0.2) is 0 Å². The summed E-state index contributed by atoms with van der Waals surface area (Å²) in [6, 6.07) is 9.07. The van der Waals surface area contributed by atoms with Crippen molar-refractivity contribution < 1.29 is 9.72 Å². The number of benzene rings is 2. The number of nitrogens with one attached hydrogen (secondary N) is 1. The van der Waals surface area contributed by atoms with Crippen molar-refractivity contribution in [2.75, 3.05) is 11.1 Å². The summed E-state index contributed by atoms with van der Waals surface area (Å²) in [6.07, 6.45) is 0. The van der Waals surface area contributed by atoms with Gasteiger partial charge in [0.1, 0.15) is 5.69 Å². The quantitative estimate of drug-likeness (QED) is 0.516. The molecule has 2 aromatic rings. The first-order valence-electron chi connectivity index (χ1n) is 6.00. The van der Waals surface area contributed by atoms with E-state index in [1.165, 1.54) is 12.1 Å². The molecule has 6 nitrogen and oxygen atoms in total. The maximum atomic E-state index is 12.1. The zero-order chi connectivity index (χ0) is 15.6. The number of nitro groups is 1. The fraction of sp³-hybridized carbons (Fsp3) is 0.0714. The Balaban J connectivity index is 2.30. The number of carbonyl (C=O) groups excluding carboxylic acids is 1. The smallest absolute Gasteiger partial charge is 0.292 e. The third kappa shape index (κ3) is 3.29. The zero-order valence-electron chi connectivity index (χ0n) is 11.1. The van der Waals surface area contributed by atoms with Crippen LogP contribution < -0.4 is 11.1 Å². The minimum absolute atomic E-state index is 0.00476. The van der Waals surface area contributed by atoms with Crippen LogP contribution in [0.4, 0.5) is 17.1 Å². The van der Waals surface area contributed by atoms with Crippen LogP contribution in [0.3, 0.4) is 0 Å². The number of aryl methyl sites for hydroxylation is 1. The van der Waals surface area contributed by atoms with E-state index in [4.69, 9.17) is 17.3 Å². The van der Waals surface area contributed by atoms with Gasteiger partial charge in [-0.05, 0) is 36.8 Å². The van der Waals surface area contributed by atoms with Crippen LogP contribution in [0.25, 0.3) is 0 Å². The standard InChI is InChI=1S/C14H12ClN3O3/c1-8-2-4-10(15)12(6-8)17-14(19)9-3-5-11(16)13(7-9)18(20)21/h2-7H,16H2,1H3,(H,17,19). The van der Waals surface area contributed by atoms with Gasteiger partial charge >= 0.3 is 0 Å². The monoisotopic (exact) mass is 305 g/mol. The normalized spacial score (nSPS) is 10.2. The maximum absolute atomic E-state index is 12.1. The molecular formula is C14H12ClN3O3. The summed E-state index contributed by atoms with van der Waals surface area (Å²) in [5, 5.41) is 13.8. The Morgan fingerprint density at radius 2 is 2.00 bits per heavy atom. The number of nitrogens with zero attached hydrogens (tertiary/aromatic N) is 1. The molecule has 0 unspecified atom stereocenters. The summed E-state index contributed by atoms with van der Waals surface area (Å²) in [4.78, 5) is 22.3. The van der Waals surface area contributed by atoms with Gasteiger partial charge in [-0.1, -0.05) is 17.7 Å². The van der Waals surface area contributed by atoms with E-state index in [9.17, 15) is 14.9 Å². The molecule has 0 saturated carbocycles. The molecule has 1 amide bonds. The number of amides is 1. The van der Waals surface area contributed by atoms with Gasteiger partial charge in [0.05, 0.1) is 15.6 Å². The molecule has 108 valence electrons. The summed E-state index contributed by atoms with van der Waals surface area (Å²) < 4.78 is 0. The summed E-state index contributed by atoms with van der Waals surface area (Å²) >= 11 is 5.99. The molecule has 0 aromatic heterocycles. The highest BCUT2D eigenvalue weighted by Gasteiger charge is 2.16. The molecule has 0 aliphatic heterocycles. The van der Waals surface area contributed by atoms with Crippen molar-refractivity contribution in [3.05, 3.63) is 62.7 Å². The van der Waals surface area contributed by atoms with Crippen molar-refractivity contribution in [2.45, 2.75) is 6.92 Å². The SMILES string of the molecule is Cc1ccc(Cl)c(NC(=O)c2ccc(N)c([N+](=O)[O-])c2)c1. The average molecular weight is 306 g/mol. The lowest BCUT2D eigenvalue weighted by atomic mass is 10.1. The summed E-state index contributed by atoms with van der Waals surface area (Å²) in [7, 11) is 0. The van der Waals surface area contributed by atoms with Crippen LogP contribution in [0.1, 0.15) is 15.9 Å². The van der Waals surface area contributed by atoms with E-state index < -0.39 is 10.8 Å². The lowest BCUT2D eigenvalue weighted by Gasteiger charge is -2.08. The van der Waals surface area contributed by atoms with Gasteiger partial charge in [0.25, 0.3) is 11.6 Å². The van der Waals surface area contributed by atoms with E-state index in [2.05, 4.69) is 5.32 Å². The number of nitro benzene ring substituents is 1. The van der Waals surface area contributed by atoms with E-state index >= 15 is 0 Å². The molecule has 0 atom stereocenters. The number of hydrogen-bond acceptors (Lipinski definition) is 4. The topological polar surface area (TPSA) is 98.3 Å². The number of rotatable bonds is 3. The Bertz CT molecular complexity index is 731. The van der Waals surface area contributed by atoms with Gasteiger partial charge in [-0.3, -0.25) is 14.9 Å². The minimum Gasteiger partial charge on any atom is -0.393 e. The number of carbonyl (C=O) groups is 1. The molecule has 2 aromatic carbocycles. The van der Waals surface area contributed by atoms with E-state index in [-0.39, 0.29) is 16.9 Å². The Morgan fingerprint density at radius 3 is 2.67 bits per heavy atom. The first-order chi connectivity index (χ1) is 9.88. The predicted molar refractivity (Wildman–Crippen MR) is 81.7 cm³/mol. The molecule has 0 radical (unpaired) electrons. The molecule has 7 heteroatoms. The fourth-order valence-corrected chi connectivity index (χ4v) is 1.94. The number of anilines is 2. The van der Waals surface area contributed by atoms with Crippen molar-refractivity contribution in [1.82, 2.24) is 0 Å². The lowest BCUT2D eigenvalue weighted by Crippen LogP contribution is -2.13. The Kier molecular flexibility index (Phi) is 4.09. The number of nitrogen functional groups attached to an aromatic ring is 1. The van der Waals surface area contributed by atoms with E-state index in [1.807, 2.05) is 13.0 Å². The third-order valence-corrected chi connectivity index (χ3v) is 3.19. The van der Waals surface area contributed by atoms with Crippen molar-refractivity contribution in [3.8, 4) is 0 Å². The van der Waals surface area contributed by atoms with Gasteiger partial charge in [0.15, 0.2) is 0 Å². The van der Waals surface area contributed by atoms with Gasteiger partial charge in [-0.2, -0.15) is 0 Å². The first kappa shape index (κ1) is 14.8. The van der Waals surface area contributed by atoms with Crippen LogP contribution in [0, 0.1) is 17.0 Å². The van der Waals surface area contributed by atoms with Crippen LogP contribution in [-0.4, -0.2) is 10.8 Å². The molecule has 0 spiro atoms. The highest BCUT2D eigenvalue weighted by molar-refractivity contribution is 6.34. The second kappa shape index (κ2) is 5.80. The van der Waals surface area contributed by atoms with Crippen LogP contribution in [0.15, 0.2) is 36.4 Å². The molecule has 0 bridgehead atoms. The summed E-state index contributed by atoms with van der Waals surface area (Å²) in [6.45, 7) is 1.86. The molecule has 2 rings (SSSR count). The molecule has 0 heterocycles. The van der Waals surface area contributed by atoms with Crippen LogP contribution in [-0.2, 0) is 0 Å². The van der Waals surface area contributed by atoms with Gasteiger partial charge in [0, 0.05) is 11.6 Å². The molecule has 3 N–H and O–H groups in total. The Hall–Kier alpha value is -2.60. The zero-order valence-corrected chi connectivity index (χ0v) is 11.8. The largest absolute Gasteiger partial charge is 0.393 e. The highest BCUT2D eigenvalue weighted by atomic mass is 35.5. The fourth-order valence-electron chi connectivity index (χ4n) is 1.77. The maximum Gasteiger partial charge on any atom is 0.292 e. The van der Waals surface area contributed by atoms with Crippen LogP contribution in [0.5, 0.6) is 0 Å². The average Bonchev–Trinajstić information content (AvgIpc) is 2.43. The number of hydrogen-bond donors (Lipinski definition) is 2. The molecule has 21 heavy (non-hydrogen) atoms. The second-order valence-electron chi connectivity index (χ2n) is 4.47. The van der Waals surface area contributed by atoms with Gasteiger partial charge in [-0.15, -0.1) is 0 Å². The van der Waals surface area contributed by atoms with Crippen LogP contribution in [0.2, 0.25) is 5.02 Å². The van der Waals surface area contributed by atoms with Gasteiger partial charge < -0.3 is 11.1 Å². The van der Waals surface area contributed by atoms with E-state index in [0.717, 1.165) is 11.6 Å². The Labute approximate surface area is 125 Å². The molecule has 0 fully saturated rings. The van der Waals surface area contributed by atoms with E-state index in [1.54, 1.807) is 12.1 Å². The highest BCUT2D eigenvalue weighted by Crippen LogP contribution is 2.25. The molecule has 0 saturated heterocycles. The van der Waals surface area contributed by atoms with Crippen LogP contribution >= 0.6 is 11.6 Å². The van der Waals surface area contributed by atoms with Crippen molar-refractivity contribution in [1.29, 1.82) is 0 Å². The molecule has 0 aliphatic rings. The third-order valence-electron chi connectivity index (χ3n) is 2.86. The Morgan fingerprint density at radius 1 is 1.29 bits per heavy atom. The predicted octanol–water partition coefficient (Wildman–Crippen LogP) is 3.39. The second-order valence-corrected chi connectivity index (χ2v) is 4.88.